The van der Waals surface area contributed by atoms with Gasteiger partial charge in [0.25, 0.3) is 15.9 Å². The summed E-state index contributed by atoms with van der Waals surface area (Å²) in [6, 6.07) is 4.12. The number of nitrogens with two attached hydrogens (primary N) is 1. The summed E-state index contributed by atoms with van der Waals surface area (Å²) < 4.78 is 27.5. The number of likely N-dealkylation sites (N-methyl/N-ethyl adjacent to an activating group) is 1. The van der Waals surface area contributed by atoms with E-state index in [0.717, 1.165) is 25.8 Å². The number of nitrogens with one attached hydrogen (secondary N) is 2. The van der Waals surface area contributed by atoms with Gasteiger partial charge in [-0.15, -0.1) is 0 Å². The number of rotatable bonds is 10. The van der Waals surface area contributed by atoms with E-state index < -0.39 is 33.4 Å². The second-order valence-electron chi connectivity index (χ2n) is 12.7. The zero-order valence-corrected chi connectivity index (χ0v) is 26.8. The van der Waals surface area contributed by atoms with Crippen LogP contribution in [-0.4, -0.2) is 73.7 Å². The molecule has 10 nitrogen and oxygen atoms in total. The van der Waals surface area contributed by atoms with Crippen molar-refractivity contribution in [3.63, 3.8) is 0 Å². The van der Waals surface area contributed by atoms with E-state index in [0.29, 0.717) is 5.69 Å². The molecule has 0 aromatic heterocycles. The van der Waals surface area contributed by atoms with Crippen molar-refractivity contribution in [1.29, 1.82) is 0 Å². The summed E-state index contributed by atoms with van der Waals surface area (Å²) in [5.41, 5.74) is 5.61. The molecule has 1 saturated heterocycles. The lowest BCUT2D eigenvalue weighted by atomic mass is 9.84. The second kappa shape index (κ2) is 13.8. The van der Waals surface area contributed by atoms with Gasteiger partial charge in [-0.05, 0) is 75.8 Å². The SMILES string of the molecule is CC(=CC(C(C)C)N(C)C(=O)C(NC(=O)C1CCCCN1C(C)C)C(C)(C)C)C(=O)NS(=O)(=O)c1ccc(N)cc1. The molecule has 0 spiro atoms. The number of nitrogens with zero attached hydrogens (tertiary/aromatic N) is 2. The summed E-state index contributed by atoms with van der Waals surface area (Å²) in [5, 5.41) is 3.06. The molecule has 3 unspecified atom stereocenters. The standard InChI is InChI=1S/C30H49N5O5S/c1-19(2)25(18-21(5)27(36)33-41(39,40)23-15-13-22(31)14-16-23)34(9)29(38)26(30(6,7)8)32-28(37)24-12-10-11-17-35(24)20(3)4/h13-16,18-20,24-26H,10-12,17,31H2,1-9H3,(H,32,37)(H,33,36). The lowest BCUT2D eigenvalue weighted by molar-refractivity contribution is -0.142. The normalized spacial score (nSPS) is 18.6. The number of sulfonamides is 1. The topological polar surface area (TPSA) is 142 Å². The molecular formula is C30H49N5O5S. The van der Waals surface area contributed by atoms with Crippen LogP contribution in [-0.2, 0) is 24.4 Å². The van der Waals surface area contributed by atoms with Crippen molar-refractivity contribution in [2.75, 3.05) is 19.3 Å². The third kappa shape index (κ3) is 9.03. The molecule has 0 radical (unpaired) electrons. The predicted molar refractivity (Wildman–Crippen MR) is 162 cm³/mol. The van der Waals surface area contributed by atoms with E-state index in [9.17, 15) is 22.8 Å². The number of anilines is 1. The molecule has 1 heterocycles. The summed E-state index contributed by atoms with van der Waals surface area (Å²) in [6.45, 7) is 16.1. The van der Waals surface area contributed by atoms with Crippen molar-refractivity contribution in [3.8, 4) is 0 Å². The lowest BCUT2D eigenvalue weighted by Crippen LogP contribution is -2.60. The van der Waals surface area contributed by atoms with Gasteiger partial charge in [0, 0.05) is 24.4 Å². The van der Waals surface area contributed by atoms with Crippen LogP contribution < -0.4 is 15.8 Å². The minimum absolute atomic E-state index is 0.0849. The molecule has 4 N–H and O–H groups in total. The van der Waals surface area contributed by atoms with Gasteiger partial charge in [-0.1, -0.05) is 47.1 Å². The molecule has 41 heavy (non-hydrogen) atoms. The Labute approximate surface area is 246 Å². The molecule has 1 aromatic carbocycles. The number of carbonyl (C=O) groups is 3. The van der Waals surface area contributed by atoms with E-state index in [-0.39, 0.29) is 40.3 Å². The van der Waals surface area contributed by atoms with Gasteiger partial charge in [0.15, 0.2) is 0 Å². The van der Waals surface area contributed by atoms with E-state index in [2.05, 4.69) is 28.8 Å². The van der Waals surface area contributed by atoms with Crippen molar-refractivity contribution in [1.82, 2.24) is 19.8 Å². The Balaban J connectivity index is 2.27. The summed E-state index contributed by atoms with van der Waals surface area (Å²) in [6.07, 6.45) is 4.35. The molecule has 1 aromatic rings. The highest BCUT2D eigenvalue weighted by molar-refractivity contribution is 7.90. The fraction of sp³-hybridized carbons (Fsp3) is 0.633. The highest BCUT2D eigenvalue weighted by Crippen LogP contribution is 2.26. The molecule has 0 bridgehead atoms. The van der Waals surface area contributed by atoms with Crippen LogP contribution in [0.25, 0.3) is 0 Å². The van der Waals surface area contributed by atoms with Gasteiger partial charge in [-0.3, -0.25) is 19.3 Å². The van der Waals surface area contributed by atoms with Gasteiger partial charge in [0.2, 0.25) is 11.8 Å². The highest BCUT2D eigenvalue weighted by Gasteiger charge is 2.40. The Morgan fingerprint density at radius 2 is 1.66 bits per heavy atom. The van der Waals surface area contributed by atoms with Crippen molar-refractivity contribution in [2.24, 2.45) is 11.3 Å². The summed E-state index contributed by atoms with van der Waals surface area (Å²) >= 11 is 0. The maximum Gasteiger partial charge on any atom is 0.264 e. The fourth-order valence-electron chi connectivity index (χ4n) is 5.08. The van der Waals surface area contributed by atoms with Gasteiger partial charge in [0.1, 0.15) is 6.04 Å². The van der Waals surface area contributed by atoms with Gasteiger partial charge >= 0.3 is 0 Å². The molecule has 230 valence electrons. The molecule has 1 fully saturated rings. The minimum atomic E-state index is -4.11. The molecule has 3 amide bonds. The number of nitrogen functional groups attached to an aromatic ring is 1. The van der Waals surface area contributed by atoms with E-state index >= 15 is 0 Å². The molecule has 0 saturated carbocycles. The van der Waals surface area contributed by atoms with Crippen LogP contribution in [0, 0.1) is 11.3 Å². The second-order valence-corrected chi connectivity index (χ2v) is 14.4. The Morgan fingerprint density at radius 3 is 2.17 bits per heavy atom. The largest absolute Gasteiger partial charge is 0.399 e. The Bertz CT molecular complexity index is 1220. The molecule has 3 atom stereocenters. The third-order valence-electron chi connectivity index (χ3n) is 7.58. The van der Waals surface area contributed by atoms with Gasteiger partial charge in [-0.2, -0.15) is 0 Å². The monoisotopic (exact) mass is 591 g/mol. The number of piperidine rings is 1. The molecule has 11 heteroatoms. The lowest BCUT2D eigenvalue weighted by Gasteiger charge is -2.41. The molecule has 0 aliphatic carbocycles. The van der Waals surface area contributed by atoms with Gasteiger partial charge < -0.3 is 16.0 Å². The van der Waals surface area contributed by atoms with E-state index in [1.807, 2.05) is 34.6 Å². The summed E-state index contributed by atoms with van der Waals surface area (Å²) in [7, 11) is -2.47. The first-order valence-corrected chi connectivity index (χ1v) is 15.8. The molecule has 2 rings (SSSR count). The van der Waals surface area contributed by atoms with Crippen LogP contribution >= 0.6 is 0 Å². The maximum atomic E-state index is 13.9. The minimum Gasteiger partial charge on any atom is -0.399 e. The number of hydrogen-bond donors (Lipinski definition) is 3. The molecular weight excluding hydrogens is 542 g/mol. The van der Waals surface area contributed by atoms with Crippen LogP contribution in [0.15, 0.2) is 40.8 Å². The number of amides is 3. The first-order chi connectivity index (χ1) is 18.9. The van der Waals surface area contributed by atoms with Gasteiger partial charge in [-0.25, -0.2) is 13.1 Å². The van der Waals surface area contributed by atoms with E-state index in [1.54, 1.807) is 13.1 Å². The molecule has 1 aliphatic rings. The van der Waals surface area contributed by atoms with Crippen LogP contribution in [0.5, 0.6) is 0 Å². The predicted octanol–water partition coefficient (Wildman–Crippen LogP) is 3.30. The van der Waals surface area contributed by atoms with Crippen LogP contribution in [0.1, 0.15) is 74.7 Å². The van der Waals surface area contributed by atoms with E-state index in [4.69, 9.17) is 5.73 Å². The number of hydrogen-bond acceptors (Lipinski definition) is 7. The van der Waals surface area contributed by atoms with Crippen molar-refractivity contribution < 1.29 is 22.8 Å². The summed E-state index contributed by atoms with van der Waals surface area (Å²) in [5.74, 6) is -1.33. The first-order valence-electron chi connectivity index (χ1n) is 14.3. The zero-order chi connectivity index (χ0) is 31.3. The van der Waals surface area contributed by atoms with Crippen molar-refractivity contribution >= 4 is 33.4 Å². The van der Waals surface area contributed by atoms with Crippen molar-refractivity contribution in [3.05, 3.63) is 35.9 Å². The Morgan fingerprint density at radius 1 is 1.07 bits per heavy atom. The average molecular weight is 592 g/mol. The quantitative estimate of drug-likeness (QED) is 0.280. The van der Waals surface area contributed by atoms with Crippen LogP contribution in [0.2, 0.25) is 0 Å². The zero-order valence-electron chi connectivity index (χ0n) is 26.0. The Hall–Kier alpha value is -2.92. The smallest absolute Gasteiger partial charge is 0.264 e. The van der Waals surface area contributed by atoms with Crippen LogP contribution in [0.4, 0.5) is 5.69 Å². The average Bonchev–Trinajstić information content (AvgIpc) is 2.88. The summed E-state index contributed by atoms with van der Waals surface area (Å²) in [4.78, 5) is 43.9. The number of benzene rings is 1. The number of likely N-dealkylation sites (tertiary alicyclic amines) is 1. The maximum absolute atomic E-state index is 13.9. The Kier molecular flexibility index (Phi) is 11.6. The van der Waals surface area contributed by atoms with Gasteiger partial charge in [0.05, 0.1) is 17.0 Å². The molecule has 1 aliphatic heterocycles. The highest BCUT2D eigenvalue weighted by atomic mass is 32.2. The first kappa shape index (κ1) is 34.3. The third-order valence-corrected chi connectivity index (χ3v) is 8.93. The van der Waals surface area contributed by atoms with Crippen LogP contribution in [0.3, 0.4) is 0 Å². The fourth-order valence-corrected chi connectivity index (χ4v) is 6.10. The number of carbonyl (C=O) groups excluding carboxylic acids is 3. The van der Waals surface area contributed by atoms with Crippen molar-refractivity contribution in [2.45, 2.75) is 104 Å². The van der Waals surface area contributed by atoms with E-state index in [1.165, 1.54) is 36.1 Å².